The van der Waals surface area contributed by atoms with Crippen LogP contribution in [0.15, 0.2) is 18.2 Å². The lowest BCUT2D eigenvalue weighted by atomic mass is 10.0. The summed E-state index contributed by atoms with van der Waals surface area (Å²) in [5, 5.41) is 9.44. The second-order valence-electron chi connectivity index (χ2n) is 4.44. The Morgan fingerprint density at radius 2 is 2.17 bits per heavy atom. The second-order valence-corrected chi connectivity index (χ2v) is 6.19. The first-order chi connectivity index (χ1) is 8.53. The van der Waals surface area contributed by atoms with E-state index in [1.807, 2.05) is 13.0 Å². The molecule has 0 radical (unpaired) electrons. The molecule has 0 aromatic heterocycles. The van der Waals surface area contributed by atoms with Crippen LogP contribution in [0.5, 0.6) is 5.75 Å². The van der Waals surface area contributed by atoms with Gasteiger partial charge in [-0.05, 0) is 36.1 Å². The van der Waals surface area contributed by atoms with Gasteiger partial charge in [0.05, 0.1) is 0 Å². The van der Waals surface area contributed by atoms with Gasteiger partial charge in [0.25, 0.3) is 10.2 Å². The maximum atomic E-state index is 12.0. The molecule has 18 heavy (non-hydrogen) atoms. The Labute approximate surface area is 108 Å². The summed E-state index contributed by atoms with van der Waals surface area (Å²) < 4.78 is 28.0. The highest BCUT2D eigenvalue weighted by molar-refractivity contribution is 7.87. The minimum Gasteiger partial charge on any atom is -0.508 e. The zero-order valence-corrected chi connectivity index (χ0v) is 11.2. The van der Waals surface area contributed by atoms with Crippen LogP contribution in [0.2, 0.25) is 0 Å². The van der Waals surface area contributed by atoms with Gasteiger partial charge < -0.3 is 5.11 Å². The molecule has 0 atom stereocenters. The summed E-state index contributed by atoms with van der Waals surface area (Å²) in [5.41, 5.74) is 1.98. The number of nitrogens with zero attached hydrogens (tertiary/aromatic N) is 1. The van der Waals surface area contributed by atoms with Gasteiger partial charge in [0.1, 0.15) is 5.75 Å². The van der Waals surface area contributed by atoms with Crippen molar-refractivity contribution in [2.75, 3.05) is 13.1 Å². The van der Waals surface area contributed by atoms with Gasteiger partial charge in [0, 0.05) is 19.6 Å². The van der Waals surface area contributed by atoms with Crippen molar-refractivity contribution < 1.29 is 13.5 Å². The van der Waals surface area contributed by atoms with Crippen molar-refractivity contribution in [1.82, 2.24) is 9.03 Å². The van der Waals surface area contributed by atoms with Crippen LogP contribution in [0.1, 0.15) is 24.5 Å². The molecule has 1 heterocycles. The Morgan fingerprint density at radius 3 is 2.89 bits per heavy atom. The predicted molar refractivity (Wildman–Crippen MR) is 69.4 cm³/mol. The van der Waals surface area contributed by atoms with Gasteiger partial charge in [-0.1, -0.05) is 13.0 Å². The molecule has 0 saturated carbocycles. The molecule has 0 unspecified atom stereocenters. The SMILES string of the molecule is CCCNS(=O)(=O)N1CCc2ccc(O)cc2C1. The van der Waals surface area contributed by atoms with Gasteiger partial charge in [-0.3, -0.25) is 0 Å². The van der Waals surface area contributed by atoms with Crippen LogP contribution < -0.4 is 4.72 Å². The Kier molecular flexibility index (Phi) is 3.89. The van der Waals surface area contributed by atoms with Gasteiger partial charge in [-0.2, -0.15) is 12.7 Å². The highest BCUT2D eigenvalue weighted by Crippen LogP contribution is 2.24. The molecule has 1 aliphatic rings. The van der Waals surface area contributed by atoms with Crippen LogP contribution in [-0.4, -0.2) is 30.9 Å². The van der Waals surface area contributed by atoms with Crippen molar-refractivity contribution in [2.24, 2.45) is 0 Å². The molecule has 2 rings (SSSR count). The number of benzene rings is 1. The third-order valence-electron chi connectivity index (χ3n) is 3.04. The summed E-state index contributed by atoms with van der Waals surface area (Å²) in [6.07, 6.45) is 1.45. The monoisotopic (exact) mass is 270 g/mol. The van der Waals surface area contributed by atoms with Crippen LogP contribution >= 0.6 is 0 Å². The fourth-order valence-corrected chi connectivity index (χ4v) is 3.33. The number of aromatic hydroxyl groups is 1. The maximum Gasteiger partial charge on any atom is 0.279 e. The number of nitrogens with one attached hydrogen (secondary N) is 1. The van der Waals surface area contributed by atoms with E-state index in [-0.39, 0.29) is 5.75 Å². The quantitative estimate of drug-likeness (QED) is 0.857. The number of fused-ring (bicyclic) bond motifs is 1. The lowest BCUT2D eigenvalue weighted by Crippen LogP contribution is -2.43. The van der Waals surface area contributed by atoms with E-state index < -0.39 is 10.2 Å². The summed E-state index contributed by atoms with van der Waals surface area (Å²) in [4.78, 5) is 0. The van der Waals surface area contributed by atoms with Gasteiger partial charge in [0.2, 0.25) is 0 Å². The molecule has 6 heteroatoms. The molecular weight excluding hydrogens is 252 g/mol. The van der Waals surface area contributed by atoms with E-state index in [0.29, 0.717) is 26.1 Å². The number of phenols is 1. The normalized spacial score (nSPS) is 16.5. The molecule has 1 aromatic carbocycles. The molecule has 5 nitrogen and oxygen atoms in total. The molecule has 0 saturated heterocycles. The number of hydrogen-bond acceptors (Lipinski definition) is 3. The van der Waals surface area contributed by atoms with Crippen LogP contribution in [0, 0.1) is 0 Å². The summed E-state index contributed by atoms with van der Waals surface area (Å²) >= 11 is 0. The third kappa shape index (κ3) is 2.82. The molecular formula is C12H18N2O3S. The molecule has 100 valence electrons. The largest absolute Gasteiger partial charge is 0.508 e. The molecule has 0 fully saturated rings. The lowest BCUT2D eigenvalue weighted by molar-refractivity contribution is 0.382. The smallest absolute Gasteiger partial charge is 0.279 e. The number of hydrogen-bond donors (Lipinski definition) is 2. The first kappa shape index (κ1) is 13.3. The Morgan fingerprint density at radius 1 is 1.39 bits per heavy atom. The molecule has 0 amide bonds. The summed E-state index contributed by atoms with van der Waals surface area (Å²) in [5.74, 6) is 0.175. The Bertz CT molecular complexity index is 528. The van der Waals surface area contributed by atoms with E-state index in [2.05, 4.69) is 4.72 Å². The minimum atomic E-state index is -3.40. The van der Waals surface area contributed by atoms with Gasteiger partial charge in [-0.15, -0.1) is 0 Å². The topological polar surface area (TPSA) is 69.6 Å². The fourth-order valence-electron chi connectivity index (χ4n) is 2.05. The van der Waals surface area contributed by atoms with Crippen molar-refractivity contribution in [3.05, 3.63) is 29.3 Å². The molecule has 2 N–H and O–H groups in total. The zero-order valence-electron chi connectivity index (χ0n) is 10.4. The van der Waals surface area contributed by atoms with E-state index in [1.54, 1.807) is 12.1 Å². The van der Waals surface area contributed by atoms with Crippen molar-refractivity contribution in [3.63, 3.8) is 0 Å². The van der Waals surface area contributed by atoms with Crippen molar-refractivity contribution in [1.29, 1.82) is 0 Å². The average Bonchev–Trinajstić information content (AvgIpc) is 2.35. The van der Waals surface area contributed by atoms with E-state index in [9.17, 15) is 13.5 Å². The molecule has 0 aliphatic carbocycles. The van der Waals surface area contributed by atoms with Crippen LogP contribution in [0.3, 0.4) is 0 Å². The van der Waals surface area contributed by atoms with Gasteiger partial charge in [0.15, 0.2) is 0 Å². The van der Waals surface area contributed by atoms with E-state index in [0.717, 1.165) is 17.5 Å². The highest BCUT2D eigenvalue weighted by Gasteiger charge is 2.26. The molecule has 1 aliphatic heterocycles. The zero-order chi connectivity index (χ0) is 13.2. The fraction of sp³-hybridized carbons (Fsp3) is 0.500. The summed E-state index contributed by atoms with van der Waals surface area (Å²) in [6.45, 7) is 3.18. The van der Waals surface area contributed by atoms with Crippen LogP contribution in [0.25, 0.3) is 0 Å². The third-order valence-corrected chi connectivity index (χ3v) is 4.60. The molecule has 1 aromatic rings. The Hall–Kier alpha value is -1.11. The second kappa shape index (κ2) is 5.26. The standard InChI is InChI=1S/C12H18N2O3S/c1-2-6-13-18(16,17)14-7-5-10-3-4-12(15)8-11(10)9-14/h3-4,8,13,15H,2,5-7,9H2,1H3. The number of phenolic OH excluding ortho intramolecular Hbond substituents is 1. The Balaban J connectivity index is 2.16. The maximum absolute atomic E-state index is 12.0. The first-order valence-electron chi connectivity index (χ1n) is 6.08. The molecule has 0 bridgehead atoms. The average molecular weight is 270 g/mol. The van der Waals surface area contributed by atoms with Crippen LogP contribution in [-0.2, 0) is 23.2 Å². The van der Waals surface area contributed by atoms with Crippen molar-refractivity contribution in [3.8, 4) is 5.75 Å². The van der Waals surface area contributed by atoms with E-state index in [4.69, 9.17) is 0 Å². The van der Waals surface area contributed by atoms with Crippen LogP contribution in [0.4, 0.5) is 0 Å². The highest BCUT2D eigenvalue weighted by atomic mass is 32.2. The van der Waals surface area contributed by atoms with Gasteiger partial charge >= 0.3 is 0 Å². The predicted octanol–water partition coefficient (Wildman–Crippen LogP) is 0.995. The van der Waals surface area contributed by atoms with E-state index in [1.165, 1.54) is 4.31 Å². The van der Waals surface area contributed by atoms with E-state index >= 15 is 0 Å². The summed E-state index contributed by atoms with van der Waals surface area (Å²) in [6, 6.07) is 5.13. The number of rotatable bonds is 4. The summed E-state index contributed by atoms with van der Waals surface area (Å²) in [7, 11) is -3.40. The minimum absolute atomic E-state index is 0.175. The first-order valence-corrected chi connectivity index (χ1v) is 7.52. The van der Waals surface area contributed by atoms with Crippen molar-refractivity contribution >= 4 is 10.2 Å². The lowest BCUT2D eigenvalue weighted by Gasteiger charge is -2.28. The van der Waals surface area contributed by atoms with Gasteiger partial charge in [-0.25, -0.2) is 4.72 Å². The molecule has 0 spiro atoms. The van der Waals surface area contributed by atoms with Crippen molar-refractivity contribution in [2.45, 2.75) is 26.3 Å².